The van der Waals surface area contributed by atoms with Crippen molar-refractivity contribution in [3.05, 3.63) is 96.1 Å². The zero-order valence-corrected chi connectivity index (χ0v) is 14.5. The first-order valence-electron chi connectivity index (χ1n) is 8.29. The lowest BCUT2D eigenvalue weighted by Crippen LogP contribution is -2.31. The van der Waals surface area contributed by atoms with Crippen LogP contribution < -0.4 is 9.64 Å². The standard InChI is InChI=1S/C22H19NO3/c1-23(19-10-6-3-7-11-19)21(24)16-26-20-14-12-18(13-15-20)22(25)17-8-4-2-5-9-17/h2-15H,16H2,1H3. The van der Waals surface area contributed by atoms with Gasteiger partial charge in [0.2, 0.25) is 0 Å². The Kier molecular flexibility index (Phi) is 5.44. The molecule has 0 N–H and O–H groups in total. The lowest BCUT2D eigenvalue weighted by Gasteiger charge is -2.17. The Bertz CT molecular complexity index is 874. The number of amides is 1. The minimum atomic E-state index is -0.152. The molecule has 4 nitrogen and oxygen atoms in total. The number of para-hydroxylation sites is 1. The van der Waals surface area contributed by atoms with Gasteiger partial charge < -0.3 is 9.64 Å². The Balaban J connectivity index is 1.59. The molecule has 0 heterocycles. The van der Waals surface area contributed by atoms with E-state index < -0.39 is 0 Å². The maximum Gasteiger partial charge on any atom is 0.264 e. The van der Waals surface area contributed by atoms with E-state index in [-0.39, 0.29) is 18.3 Å². The summed E-state index contributed by atoms with van der Waals surface area (Å²) in [4.78, 5) is 26.1. The number of anilines is 1. The van der Waals surface area contributed by atoms with Crippen molar-refractivity contribution in [1.29, 1.82) is 0 Å². The zero-order chi connectivity index (χ0) is 18.4. The number of carbonyl (C=O) groups excluding carboxylic acids is 2. The van der Waals surface area contributed by atoms with Crippen LogP contribution in [0, 0.1) is 0 Å². The first kappa shape index (κ1) is 17.4. The van der Waals surface area contributed by atoms with Crippen LogP contribution in [0.3, 0.4) is 0 Å². The lowest BCUT2D eigenvalue weighted by molar-refractivity contribution is -0.120. The van der Waals surface area contributed by atoms with Gasteiger partial charge in [-0.1, -0.05) is 48.5 Å². The van der Waals surface area contributed by atoms with Crippen molar-refractivity contribution >= 4 is 17.4 Å². The molecule has 0 bridgehead atoms. The topological polar surface area (TPSA) is 46.6 Å². The van der Waals surface area contributed by atoms with Crippen LogP contribution in [0.1, 0.15) is 15.9 Å². The van der Waals surface area contributed by atoms with Crippen LogP contribution in [0.25, 0.3) is 0 Å². The Labute approximate surface area is 152 Å². The third kappa shape index (κ3) is 4.16. The summed E-state index contributed by atoms with van der Waals surface area (Å²) < 4.78 is 5.55. The molecule has 0 radical (unpaired) electrons. The van der Waals surface area contributed by atoms with Gasteiger partial charge in [0.1, 0.15) is 5.75 Å². The Morgan fingerprint density at radius 2 is 1.31 bits per heavy atom. The number of benzene rings is 3. The van der Waals surface area contributed by atoms with Crippen molar-refractivity contribution in [3.63, 3.8) is 0 Å². The molecule has 0 atom stereocenters. The number of hydrogen-bond donors (Lipinski definition) is 0. The summed E-state index contributed by atoms with van der Waals surface area (Å²) in [5, 5.41) is 0. The second-order valence-electron chi connectivity index (χ2n) is 5.80. The van der Waals surface area contributed by atoms with Gasteiger partial charge in [-0.05, 0) is 36.4 Å². The van der Waals surface area contributed by atoms with Gasteiger partial charge in [-0.3, -0.25) is 9.59 Å². The monoisotopic (exact) mass is 345 g/mol. The number of ketones is 1. The summed E-state index contributed by atoms with van der Waals surface area (Å²) in [5.74, 6) is 0.349. The third-order valence-corrected chi connectivity index (χ3v) is 4.03. The van der Waals surface area contributed by atoms with Crippen LogP contribution in [0.15, 0.2) is 84.9 Å². The minimum Gasteiger partial charge on any atom is -0.484 e. The van der Waals surface area contributed by atoms with Crippen LogP contribution in [-0.2, 0) is 4.79 Å². The van der Waals surface area contributed by atoms with Gasteiger partial charge in [0.05, 0.1) is 0 Å². The Morgan fingerprint density at radius 1 is 0.769 bits per heavy atom. The first-order valence-corrected chi connectivity index (χ1v) is 8.29. The summed E-state index contributed by atoms with van der Waals surface area (Å²) in [6.45, 7) is -0.0721. The predicted octanol–water partition coefficient (Wildman–Crippen LogP) is 3.96. The number of ether oxygens (including phenoxy) is 1. The second kappa shape index (κ2) is 8.12. The molecule has 0 fully saturated rings. The fraction of sp³-hybridized carbons (Fsp3) is 0.0909. The summed E-state index contributed by atoms with van der Waals surface area (Å²) in [7, 11) is 1.71. The highest BCUT2D eigenvalue weighted by atomic mass is 16.5. The van der Waals surface area contributed by atoms with E-state index in [0.717, 1.165) is 5.69 Å². The summed E-state index contributed by atoms with van der Waals surface area (Å²) in [6.07, 6.45) is 0. The molecular weight excluding hydrogens is 326 g/mol. The third-order valence-electron chi connectivity index (χ3n) is 4.03. The second-order valence-corrected chi connectivity index (χ2v) is 5.80. The molecule has 3 rings (SSSR count). The molecule has 0 aliphatic heterocycles. The minimum absolute atomic E-state index is 0.0444. The zero-order valence-electron chi connectivity index (χ0n) is 14.5. The summed E-state index contributed by atoms with van der Waals surface area (Å²) in [5.41, 5.74) is 2.03. The van der Waals surface area contributed by atoms with Gasteiger partial charge >= 0.3 is 0 Å². The number of hydrogen-bond acceptors (Lipinski definition) is 3. The predicted molar refractivity (Wildman–Crippen MR) is 102 cm³/mol. The normalized spacial score (nSPS) is 10.2. The molecule has 3 aromatic carbocycles. The van der Waals surface area contributed by atoms with Crippen molar-refractivity contribution in [2.24, 2.45) is 0 Å². The average molecular weight is 345 g/mol. The number of nitrogens with zero attached hydrogens (tertiary/aromatic N) is 1. The Hall–Kier alpha value is -3.40. The summed E-state index contributed by atoms with van der Waals surface area (Å²) >= 11 is 0. The maximum absolute atomic E-state index is 12.4. The quantitative estimate of drug-likeness (QED) is 0.635. The molecule has 0 aliphatic carbocycles. The number of rotatable bonds is 6. The van der Waals surface area contributed by atoms with Gasteiger partial charge in [-0.15, -0.1) is 0 Å². The maximum atomic E-state index is 12.4. The van der Waals surface area contributed by atoms with Gasteiger partial charge in [-0.2, -0.15) is 0 Å². The molecule has 130 valence electrons. The first-order chi connectivity index (χ1) is 12.6. The van der Waals surface area contributed by atoms with Gasteiger partial charge in [0.25, 0.3) is 5.91 Å². The molecule has 0 saturated carbocycles. The van der Waals surface area contributed by atoms with Crippen molar-refractivity contribution in [2.45, 2.75) is 0 Å². The van der Waals surface area contributed by atoms with Crippen LogP contribution in [0.2, 0.25) is 0 Å². The molecule has 4 heteroatoms. The average Bonchev–Trinajstić information content (AvgIpc) is 2.72. The van der Waals surface area contributed by atoms with Gasteiger partial charge in [0, 0.05) is 23.9 Å². The van der Waals surface area contributed by atoms with Gasteiger partial charge in [-0.25, -0.2) is 0 Å². The van der Waals surface area contributed by atoms with Crippen LogP contribution >= 0.6 is 0 Å². The van der Waals surface area contributed by atoms with E-state index in [1.807, 2.05) is 48.5 Å². The molecule has 3 aromatic rings. The number of likely N-dealkylation sites (N-methyl/N-ethyl adjacent to an activating group) is 1. The van der Waals surface area contributed by atoms with E-state index in [9.17, 15) is 9.59 Å². The van der Waals surface area contributed by atoms with E-state index >= 15 is 0 Å². The summed E-state index contributed by atoms with van der Waals surface area (Å²) in [6, 6.07) is 25.3. The van der Waals surface area contributed by atoms with E-state index in [1.54, 1.807) is 48.3 Å². The number of carbonyl (C=O) groups is 2. The SMILES string of the molecule is CN(C(=O)COc1ccc(C(=O)c2ccccc2)cc1)c1ccccc1. The molecule has 1 amide bonds. The van der Waals surface area contributed by atoms with Crippen molar-refractivity contribution in [3.8, 4) is 5.75 Å². The molecule has 0 aliphatic rings. The molecular formula is C22H19NO3. The molecule has 0 aromatic heterocycles. The molecule has 0 spiro atoms. The van der Waals surface area contributed by atoms with Gasteiger partial charge in [0.15, 0.2) is 12.4 Å². The fourth-order valence-corrected chi connectivity index (χ4v) is 2.50. The largest absolute Gasteiger partial charge is 0.484 e. The fourth-order valence-electron chi connectivity index (χ4n) is 2.50. The Morgan fingerprint density at radius 3 is 1.92 bits per heavy atom. The molecule has 0 unspecified atom stereocenters. The highest BCUT2D eigenvalue weighted by Crippen LogP contribution is 2.16. The van der Waals surface area contributed by atoms with E-state index in [4.69, 9.17) is 4.74 Å². The van der Waals surface area contributed by atoms with Crippen LogP contribution in [0.4, 0.5) is 5.69 Å². The van der Waals surface area contributed by atoms with E-state index in [1.165, 1.54) is 0 Å². The van der Waals surface area contributed by atoms with Crippen molar-refractivity contribution in [1.82, 2.24) is 0 Å². The van der Waals surface area contributed by atoms with E-state index in [2.05, 4.69) is 0 Å². The highest BCUT2D eigenvalue weighted by Gasteiger charge is 2.12. The van der Waals surface area contributed by atoms with Crippen LogP contribution in [0.5, 0.6) is 5.75 Å². The van der Waals surface area contributed by atoms with Crippen molar-refractivity contribution < 1.29 is 14.3 Å². The van der Waals surface area contributed by atoms with Crippen LogP contribution in [-0.4, -0.2) is 25.3 Å². The molecule has 0 saturated heterocycles. The molecule has 26 heavy (non-hydrogen) atoms. The lowest BCUT2D eigenvalue weighted by atomic mass is 10.0. The van der Waals surface area contributed by atoms with E-state index in [0.29, 0.717) is 16.9 Å². The smallest absolute Gasteiger partial charge is 0.264 e. The highest BCUT2D eigenvalue weighted by molar-refractivity contribution is 6.09. The van der Waals surface area contributed by atoms with Crippen molar-refractivity contribution in [2.75, 3.05) is 18.6 Å².